The highest BCUT2D eigenvalue weighted by Gasteiger charge is 2.13. The Morgan fingerprint density at radius 2 is 1.92 bits per heavy atom. The summed E-state index contributed by atoms with van der Waals surface area (Å²) in [7, 11) is 0. The highest BCUT2D eigenvalue weighted by atomic mass is 16.3. The molecule has 0 spiro atoms. The van der Waals surface area contributed by atoms with E-state index in [1.165, 1.54) is 0 Å². The molecule has 0 saturated heterocycles. The molecule has 0 bridgehead atoms. The molecule has 2 N–H and O–H groups in total. The van der Waals surface area contributed by atoms with Gasteiger partial charge in [-0.2, -0.15) is 0 Å². The van der Waals surface area contributed by atoms with E-state index in [-0.39, 0.29) is 5.92 Å². The number of hydrogen-bond donors (Lipinski definition) is 2. The summed E-state index contributed by atoms with van der Waals surface area (Å²) in [5.74, 6) is 0.203. The molecule has 12 heavy (non-hydrogen) atoms. The fourth-order valence-corrected chi connectivity index (χ4v) is 0.646. The van der Waals surface area contributed by atoms with Crippen molar-refractivity contribution in [1.29, 1.82) is 0 Å². The van der Waals surface area contributed by atoms with Gasteiger partial charge in [0.1, 0.15) is 0 Å². The van der Waals surface area contributed by atoms with E-state index >= 15 is 0 Å². The molecule has 0 aliphatic carbocycles. The van der Waals surface area contributed by atoms with E-state index in [1.807, 2.05) is 20.8 Å². The van der Waals surface area contributed by atoms with Gasteiger partial charge < -0.3 is 10.2 Å². The van der Waals surface area contributed by atoms with Crippen molar-refractivity contribution in [2.45, 2.75) is 45.8 Å². The first-order chi connectivity index (χ1) is 5.39. The summed E-state index contributed by atoms with van der Waals surface area (Å²) in [6.07, 6.45) is 3.53. The summed E-state index contributed by atoms with van der Waals surface area (Å²) >= 11 is 0. The van der Waals surface area contributed by atoms with E-state index in [1.54, 1.807) is 19.1 Å². The average Bonchev–Trinajstić information content (AvgIpc) is 2.00. The van der Waals surface area contributed by atoms with Gasteiger partial charge in [-0.25, -0.2) is 0 Å². The maximum absolute atomic E-state index is 9.56. The Morgan fingerprint density at radius 1 is 1.42 bits per heavy atom. The predicted molar refractivity (Wildman–Crippen MR) is 50.9 cm³/mol. The highest BCUT2D eigenvalue weighted by molar-refractivity contribution is 5.01. The summed E-state index contributed by atoms with van der Waals surface area (Å²) in [6.45, 7) is 7.52. The monoisotopic (exact) mass is 172 g/mol. The second kappa shape index (κ2) is 4.63. The van der Waals surface area contributed by atoms with Crippen LogP contribution in [-0.2, 0) is 0 Å². The largest absolute Gasteiger partial charge is 0.389 e. The molecule has 2 nitrogen and oxygen atoms in total. The molecule has 0 saturated carbocycles. The molecule has 2 heteroatoms. The SMILES string of the molecule is CCC(C)(O)/C=C/C(O)C(C)C. The van der Waals surface area contributed by atoms with Crippen molar-refractivity contribution in [3.05, 3.63) is 12.2 Å². The van der Waals surface area contributed by atoms with E-state index in [0.717, 1.165) is 0 Å². The van der Waals surface area contributed by atoms with Crippen molar-refractivity contribution >= 4 is 0 Å². The van der Waals surface area contributed by atoms with Gasteiger partial charge in [0, 0.05) is 0 Å². The molecule has 0 aliphatic heterocycles. The molecule has 2 atom stereocenters. The van der Waals surface area contributed by atoms with Gasteiger partial charge in [-0.15, -0.1) is 0 Å². The zero-order chi connectivity index (χ0) is 9.78. The minimum absolute atomic E-state index is 0.203. The number of hydrogen-bond acceptors (Lipinski definition) is 2. The van der Waals surface area contributed by atoms with Crippen LogP contribution in [0.5, 0.6) is 0 Å². The third-order valence-corrected chi connectivity index (χ3v) is 2.05. The lowest BCUT2D eigenvalue weighted by Gasteiger charge is -2.17. The van der Waals surface area contributed by atoms with Crippen molar-refractivity contribution < 1.29 is 10.2 Å². The van der Waals surface area contributed by atoms with Crippen LogP contribution in [0.25, 0.3) is 0 Å². The third kappa shape index (κ3) is 4.52. The van der Waals surface area contributed by atoms with Crippen molar-refractivity contribution in [3.8, 4) is 0 Å². The molecule has 72 valence electrons. The zero-order valence-electron chi connectivity index (χ0n) is 8.41. The Labute approximate surface area is 74.9 Å². The van der Waals surface area contributed by atoms with Gasteiger partial charge in [0.25, 0.3) is 0 Å². The van der Waals surface area contributed by atoms with Gasteiger partial charge in [0.05, 0.1) is 11.7 Å². The van der Waals surface area contributed by atoms with Crippen molar-refractivity contribution in [2.24, 2.45) is 5.92 Å². The maximum atomic E-state index is 9.56. The van der Waals surface area contributed by atoms with Gasteiger partial charge >= 0.3 is 0 Å². The Bertz CT molecular complexity index is 148. The second-order valence-corrected chi connectivity index (χ2v) is 3.80. The molecule has 0 amide bonds. The Balaban J connectivity index is 4.05. The molecule has 0 fully saturated rings. The van der Waals surface area contributed by atoms with Crippen LogP contribution in [0.15, 0.2) is 12.2 Å². The minimum atomic E-state index is -0.782. The van der Waals surface area contributed by atoms with Crippen LogP contribution < -0.4 is 0 Å². The van der Waals surface area contributed by atoms with Crippen LogP contribution in [0.1, 0.15) is 34.1 Å². The third-order valence-electron chi connectivity index (χ3n) is 2.05. The average molecular weight is 172 g/mol. The quantitative estimate of drug-likeness (QED) is 0.634. The second-order valence-electron chi connectivity index (χ2n) is 3.80. The van der Waals surface area contributed by atoms with Crippen molar-refractivity contribution in [3.63, 3.8) is 0 Å². The molecule has 0 aliphatic rings. The molecule has 0 rings (SSSR count). The smallest absolute Gasteiger partial charge is 0.0797 e. The first-order valence-electron chi connectivity index (χ1n) is 4.49. The summed E-state index contributed by atoms with van der Waals surface area (Å²) in [5, 5.41) is 18.9. The van der Waals surface area contributed by atoms with Crippen LogP contribution >= 0.6 is 0 Å². The summed E-state index contributed by atoms with van der Waals surface area (Å²) < 4.78 is 0. The zero-order valence-corrected chi connectivity index (χ0v) is 8.41. The molecule has 0 aromatic carbocycles. The Morgan fingerprint density at radius 3 is 2.25 bits per heavy atom. The van der Waals surface area contributed by atoms with Crippen LogP contribution in [0.3, 0.4) is 0 Å². The Hall–Kier alpha value is -0.340. The van der Waals surface area contributed by atoms with E-state index in [4.69, 9.17) is 0 Å². The molecular weight excluding hydrogens is 152 g/mol. The van der Waals surface area contributed by atoms with E-state index in [9.17, 15) is 10.2 Å². The normalized spacial score (nSPS) is 19.9. The van der Waals surface area contributed by atoms with Gasteiger partial charge in [0.2, 0.25) is 0 Å². The topological polar surface area (TPSA) is 40.5 Å². The van der Waals surface area contributed by atoms with Crippen LogP contribution in [-0.4, -0.2) is 21.9 Å². The summed E-state index contributed by atoms with van der Waals surface area (Å²) in [4.78, 5) is 0. The highest BCUT2D eigenvalue weighted by Crippen LogP contribution is 2.12. The standard InChI is InChI=1S/C10H20O2/c1-5-10(4,12)7-6-9(11)8(2)3/h6-9,11-12H,5H2,1-4H3/b7-6+. The lowest BCUT2D eigenvalue weighted by molar-refractivity contribution is 0.103. The van der Waals surface area contributed by atoms with E-state index in [2.05, 4.69) is 0 Å². The minimum Gasteiger partial charge on any atom is -0.389 e. The van der Waals surface area contributed by atoms with Crippen LogP contribution in [0, 0.1) is 5.92 Å². The van der Waals surface area contributed by atoms with E-state index < -0.39 is 11.7 Å². The first-order valence-corrected chi connectivity index (χ1v) is 4.49. The summed E-state index contributed by atoms with van der Waals surface area (Å²) in [5.41, 5.74) is -0.782. The first kappa shape index (κ1) is 11.7. The molecule has 0 aromatic heterocycles. The van der Waals surface area contributed by atoms with Crippen molar-refractivity contribution in [2.75, 3.05) is 0 Å². The molecule has 0 heterocycles. The Kier molecular flexibility index (Phi) is 4.50. The predicted octanol–water partition coefficient (Wildman–Crippen LogP) is 1.72. The lowest BCUT2D eigenvalue weighted by Crippen LogP contribution is -2.21. The molecular formula is C10H20O2. The van der Waals surface area contributed by atoms with Gasteiger partial charge in [-0.3, -0.25) is 0 Å². The van der Waals surface area contributed by atoms with Gasteiger partial charge in [-0.1, -0.05) is 32.9 Å². The summed E-state index contributed by atoms with van der Waals surface area (Å²) in [6, 6.07) is 0. The fourth-order valence-electron chi connectivity index (χ4n) is 0.646. The van der Waals surface area contributed by atoms with Gasteiger partial charge in [-0.05, 0) is 19.3 Å². The fraction of sp³-hybridized carbons (Fsp3) is 0.800. The van der Waals surface area contributed by atoms with Crippen molar-refractivity contribution in [1.82, 2.24) is 0 Å². The number of aliphatic hydroxyl groups is 2. The van der Waals surface area contributed by atoms with Crippen LogP contribution in [0.4, 0.5) is 0 Å². The van der Waals surface area contributed by atoms with Crippen LogP contribution in [0.2, 0.25) is 0 Å². The maximum Gasteiger partial charge on any atom is 0.0797 e. The number of rotatable bonds is 4. The van der Waals surface area contributed by atoms with Gasteiger partial charge in [0.15, 0.2) is 0 Å². The van der Waals surface area contributed by atoms with E-state index in [0.29, 0.717) is 6.42 Å². The molecule has 0 radical (unpaired) electrons. The lowest BCUT2D eigenvalue weighted by atomic mass is 10.00. The number of aliphatic hydroxyl groups excluding tert-OH is 1. The molecule has 0 aromatic rings. The molecule has 2 unspecified atom stereocenters.